The van der Waals surface area contributed by atoms with Crippen LogP contribution in [0.5, 0.6) is 0 Å². The molecule has 2 heterocycles. The van der Waals surface area contributed by atoms with Gasteiger partial charge in [0.1, 0.15) is 5.82 Å². The summed E-state index contributed by atoms with van der Waals surface area (Å²) in [6, 6.07) is 9.71. The summed E-state index contributed by atoms with van der Waals surface area (Å²) in [5, 5.41) is 17.9. The Hall–Kier alpha value is -2.57. The van der Waals surface area contributed by atoms with E-state index in [2.05, 4.69) is 15.4 Å². The first-order valence-electron chi connectivity index (χ1n) is 7.70. The number of nitrogens with one attached hydrogen (secondary N) is 1. The highest BCUT2D eigenvalue weighted by molar-refractivity contribution is 5.61. The molecule has 0 aliphatic heterocycles. The predicted octanol–water partition coefficient (Wildman–Crippen LogP) is 2.44. The highest BCUT2D eigenvalue weighted by atomic mass is 19.1. The van der Waals surface area contributed by atoms with Crippen molar-refractivity contribution in [2.24, 2.45) is 7.05 Å². The van der Waals surface area contributed by atoms with Crippen LogP contribution in [-0.2, 0) is 13.6 Å². The molecule has 0 fully saturated rings. The number of nitrogens with zero attached hydrogens (tertiary/aromatic N) is 3. The number of benzene rings is 1. The molecule has 0 spiro atoms. The van der Waals surface area contributed by atoms with Gasteiger partial charge in [0.15, 0.2) is 0 Å². The van der Waals surface area contributed by atoms with Gasteiger partial charge in [-0.1, -0.05) is 12.1 Å². The zero-order chi connectivity index (χ0) is 16.9. The molecule has 6 heteroatoms. The summed E-state index contributed by atoms with van der Waals surface area (Å²) >= 11 is 0. The minimum atomic E-state index is -0.691. The molecule has 2 aromatic heterocycles. The average Bonchev–Trinajstić information content (AvgIpc) is 2.97. The number of hydrogen-bond donors (Lipinski definition) is 2. The van der Waals surface area contributed by atoms with Crippen molar-refractivity contribution >= 4 is 0 Å². The van der Waals surface area contributed by atoms with Gasteiger partial charge in [0, 0.05) is 49.9 Å². The average molecular weight is 326 g/mol. The van der Waals surface area contributed by atoms with Crippen LogP contribution in [0, 0.1) is 5.82 Å². The van der Waals surface area contributed by atoms with Gasteiger partial charge in [-0.3, -0.25) is 9.67 Å². The van der Waals surface area contributed by atoms with Crippen molar-refractivity contribution < 1.29 is 9.50 Å². The first kappa shape index (κ1) is 16.3. The number of aromatic nitrogens is 3. The molecule has 0 saturated carbocycles. The Kier molecular flexibility index (Phi) is 4.98. The van der Waals surface area contributed by atoms with Crippen molar-refractivity contribution in [3.63, 3.8) is 0 Å². The van der Waals surface area contributed by atoms with Gasteiger partial charge >= 0.3 is 0 Å². The Labute approximate surface area is 139 Å². The van der Waals surface area contributed by atoms with Crippen molar-refractivity contribution in [3.8, 4) is 11.3 Å². The Balaban J connectivity index is 1.64. The Morgan fingerprint density at radius 1 is 1.25 bits per heavy atom. The van der Waals surface area contributed by atoms with Crippen molar-refractivity contribution in [3.05, 3.63) is 71.9 Å². The number of hydrogen-bond acceptors (Lipinski definition) is 4. The molecule has 1 unspecified atom stereocenters. The van der Waals surface area contributed by atoms with Crippen molar-refractivity contribution in [1.29, 1.82) is 0 Å². The molecule has 24 heavy (non-hydrogen) atoms. The zero-order valence-electron chi connectivity index (χ0n) is 13.4. The fourth-order valence-electron chi connectivity index (χ4n) is 2.56. The van der Waals surface area contributed by atoms with Gasteiger partial charge in [-0.05, 0) is 29.8 Å². The van der Waals surface area contributed by atoms with E-state index in [-0.39, 0.29) is 5.82 Å². The molecule has 0 aliphatic carbocycles. The standard InChI is InChI=1S/C18H19FN4O/c1-23-12-15(18(22-23)14-3-2-8-20-9-14)10-21-11-17(24)13-4-6-16(19)7-5-13/h2-9,12,17,21,24H,10-11H2,1H3. The third-order valence-electron chi connectivity index (χ3n) is 3.75. The van der Waals surface area contributed by atoms with Crippen LogP contribution < -0.4 is 5.32 Å². The van der Waals surface area contributed by atoms with Crippen LogP contribution in [0.4, 0.5) is 4.39 Å². The summed E-state index contributed by atoms with van der Waals surface area (Å²) in [6.45, 7) is 0.934. The molecule has 0 amide bonds. The van der Waals surface area contributed by atoms with Crippen molar-refractivity contribution in [2.45, 2.75) is 12.6 Å². The summed E-state index contributed by atoms with van der Waals surface area (Å²) in [5.74, 6) is -0.310. The Bertz CT molecular complexity index is 787. The largest absolute Gasteiger partial charge is 0.387 e. The van der Waals surface area contributed by atoms with Gasteiger partial charge in [0.2, 0.25) is 0 Å². The topological polar surface area (TPSA) is 63.0 Å². The van der Waals surface area contributed by atoms with E-state index < -0.39 is 6.10 Å². The van der Waals surface area contributed by atoms with Crippen LogP contribution in [0.2, 0.25) is 0 Å². The van der Waals surface area contributed by atoms with E-state index in [1.54, 1.807) is 29.2 Å². The number of aliphatic hydroxyl groups is 1. The van der Waals surface area contributed by atoms with Crippen LogP contribution in [0.25, 0.3) is 11.3 Å². The maximum Gasteiger partial charge on any atom is 0.123 e. The number of aryl methyl sites for hydroxylation is 1. The SMILES string of the molecule is Cn1cc(CNCC(O)c2ccc(F)cc2)c(-c2cccnc2)n1. The molecule has 1 aromatic carbocycles. The van der Waals surface area contributed by atoms with E-state index in [0.29, 0.717) is 18.7 Å². The van der Waals surface area contributed by atoms with Crippen LogP contribution in [0.1, 0.15) is 17.2 Å². The molecule has 0 bridgehead atoms. The fourth-order valence-corrected chi connectivity index (χ4v) is 2.56. The van der Waals surface area contributed by atoms with Crippen molar-refractivity contribution in [1.82, 2.24) is 20.1 Å². The minimum Gasteiger partial charge on any atom is -0.387 e. The first-order chi connectivity index (χ1) is 11.6. The lowest BCUT2D eigenvalue weighted by Crippen LogP contribution is -2.21. The summed E-state index contributed by atoms with van der Waals surface area (Å²) in [6.07, 6.45) is 4.76. The van der Waals surface area contributed by atoms with Gasteiger partial charge < -0.3 is 10.4 Å². The molecular formula is C18H19FN4O. The molecule has 5 nitrogen and oxygen atoms in total. The molecule has 3 aromatic rings. The molecule has 2 N–H and O–H groups in total. The third kappa shape index (κ3) is 3.84. The number of aliphatic hydroxyl groups excluding tert-OH is 1. The number of rotatable bonds is 6. The third-order valence-corrected chi connectivity index (χ3v) is 3.75. The lowest BCUT2D eigenvalue weighted by atomic mass is 10.1. The van der Waals surface area contributed by atoms with Crippen LogP contribution in [0.15, 0.2) is 55.0 Å². The van der Waals surface area contributed by atoms with E-state index in [9.17, 15) is 9.50 Å². The number of pyridine rings is 1. The quantitative estimate of drug-likeness (QED) is 0.730. The minimum absolute atomic E-state index is 0.310. The van der Waals surface area contributed by atoms with Crippen LogP contribution in [0.3, 0.4) is 0 Å². The first-order valence-corrected chi connectivity index (χ1v) is 7.70. The van der Waals surface area contributed by atoms with Gasteiger partial charge in [0.05, 0.1) is 11.8 Å². The smallest absolute Gasteiger partial charge is 0.123 e. The summed E-state index contributed by atoms with van der Waals surface area (Å²) in [5.41, 5.74) is 3.53. The summed E-state index contributed by atoms with van der Waals surface area (Å²) in [4.78, 5) is 4.13. The summed E-state index contributed by atoms with van der Waals surface area (Å²) in [7, 11) is 1.87. The van der Waals surface area contributed by atoms with E-state index in [4.69, 9.17) is 0 Å². The molecule has 0 saturated heterocycles. The monoisotopic (exact) mass is 326 g/mol. The lowest BCUT2D eigenvalue weighted by molar-refractivity contribution is 0.174. The van der Waals surface area contributed by atoms with Crippen molar-refractivity contribution in [2.75, 3.05) is 6.54 Å². The van der Waals surface area contributed by atoms with E-state index in [0.717, 1.165) is 16.8 Å². The molecular weight excluding hydrogens is 307 g/mol. The normalized spacial score (nSPS) is 12.3. The fraction of sp³-hybridized carbons (Fsp3) is 0.222. The van der Waals surface area contributed by atoms with Gasteiger partial charge in [0.25, 0.3) is 0 Å². The second kappa shape index (κ2) is 7.33. The Morgan fingerprint density at radius 3 is 2.75 bits per heavy atom. The van der Waals surface area contributed by atoms with Gasteiger partial charge in [-0.15, -0.1) is 0 Å². The second-order valence-corrected chi connectivity index (χ2v) is 5.62. The highest BCUT2D eigenvalue weighted by Crippen LogP contribution is 2.21. The maximum atomic E-state index is 12.9. The second-order valence-electron chi connectivity index (χ2n) is 5.62. The van der Waals surface area contributed by atoms with E-state index in [1.165, 1.54) is 12.1 Å². The molecule has 124 valence electrons. The molecule has 1 atom stereocenters. The zero-order valence-corrected chi connectivity index (χ0v) is 13.4. The lowest BCUT2D eigenvalue weighted by Gasteiger charge is -2.12. The molecule has 0 radical (unpaired) electrons. The number of halogens is 1. The highest BCUT2D eigenvalue weighted by Gasteiger charge is 2.12. The van der Waals surface area contributed by atoms with E-state index in [1.807, 2.05) is 25.4 Å². The molecule has 0 aliphatic rings. The van der Waals surface area contributed by atoms with Crippen LogP contribution >= 0.6 is 0 Å². The Morgan fingerprint density at radius 2 is 2.04 bits per heavy atom. The molecule has 3 rings (SSSR count). The summed E-state index contributed by atoms with van der Waals surface area (Å²) < 4.78 is 14.7. The maximum absolute atomic E-state index is 12.9. The van der Waals surface area contributed by atoms with Gasteiger partial charge in [-0.2, -0.15) is 5.10 Å². The van der Waals surface area contributed by atoms with E-state index >= 15 is 0 Å². The predicted molar refractivity (Wildman–Crippen MR) is 89.5 cm³/mol. The van der Waals surface area contributed by atoms with Gasteiger partial charge in [-0.25, -0.2) is 4.39 Å². The van der Waals surface area contributed by atoms with Crippen LogP contribution in [-0.4, -0.2) is 26.4 Å².